The molecule has 1 aromatic carbocycles. The highest BCUT2D eigenvalue weighted by molar-refractivity contribution is 5.96. The maximum atomic E-state index is 13.5. The number of nitriles is 1. The second kappa shape index (κ2) is 5.92. The predicted molar refractivity (Wildman–Crippen MR) is 72.8 cm³/mol. The Kier molecular flexibility index (Phi) is 4.22. The molecule has 0 spiro atoms. The smallest absolute Gasteiger partial charge is 0.307 e. The largest absolute Gasteiger partial charge is 0.481 e. The number of amides is 1. The fraction of sp³-hybridized carbons (Fsp3) is 0.400. The number of nitrogens with one attached hydrogen (secondary N) is 1. The number of rotatable bonds is 3. The number of aliphatic carboxylic acids is 1. The van der Waals surface area contributed by atoms with Crippen LogP contribution in [0.3, 0.4) is 0 Å². The molecule has 0 aromatic heterocycles. The summed E-state index contributed by atoms with van der Waals surface area (Å²) >= 11 is 0. The van der Waals surface area contributed by atoms with E-state index in [4.69, 9.17) is 10.4 Å². The third-order valence-electron chi connectivity index (χ3n) is 3.84. The molecule has 2 rings (SSSR count). The summed E-state index contributed by atoms with van der Waals surface area (Å²) in [5.74, 6) is -3.45. The number of anilines is 1. The molecule has 1 aromatic rings. The lowest BCUT2D eigenvalue weighted by Crippen LogP contribution is -2.30. The van der Waals surface area contributed by atoms with Crippen LogP contribution in [0, 0.1) is 34.9 Å². The summed E-state index contributed by atoms with van der Waals surface area (Å²) in [6.45, 7) is 1.89. The van der Waals surface area contributed by atoms with E-state index in [0.717, 1.165) is 6.07 Å². The van der Waals surface area contributed by atoms with Crippen molar-refractivity contribution < 1.29 is 19.1 Å². The van der Waals surface area contributed by atoms with Gasteiger partial charge in [0.2, 0.25) is 5.91 Å². The van der Waals surface area contributed by atoms with E-state index in [2.05, 4.69) is 5.32 Å². The molecule has 3 unspecified atom stereocenters. The first-order valence-electron chi connectivity index (χ1n) is 6.66. The SMILES string of the molecule is CC1CC(C(=O)O)C(C(=O)Nc2cccc(F)c2C#N)C1. The predicted octanol–water partition coefficient (Wildman–Crippen LogP) is 2.38. The van der Waals surface area contributed by atoms with E-state index in [1.807, 2.05) is 6.92 Å². The molecule has 1 aliphatic rings. The summed E-state index contributed by atoms with van der Waals surface area (Å²) in [5, 5.41) is 20.6. The maximum Gasteiger partial charge on any atom is 0.307 e. The molecule has 21 heavy (non-hydrogen) atoms. The number of hydrogen-bond donors (Lipinski definition) is 2. The molecule has 3 atom stereocenters. The quantitative estimate of drug-likeness (QED) is 0.894. The third-order valence-corrected chi connectivity index (χ3v) is 3.84. The second-order valence-electron chi connectivity index (χ2n) is 5.39. The fourth-order valence-corrected chi connectivity index (χ4v) is 2.82. The van der Waals surface area contributed by atoms with E-state index in [-0.39, 0.29) is 17.2 Å². The second-order valence-corrected chi connectivity index (χ2v) is 5.39. The standard InChI is InChI=1S/C15H15FN2O3/c1-8-5-9(10(6-8)15(20)21)14(19)18-13-4-2-3-12(16)11(13)7-17/h2-4,8-10H,5-6H2,1H3,(H,18,19)(H,20,21). The van der Waals surface area contributed by atoms with E-state index < -0.39 is 29.5 Å². The Morgan fingerprint density at radius 2 is 2.05 bits per heavy atom. The summed E-state index contributed by atoms with van der Waals surface area (Å²) in [4.78, 5) is 23.4. The van der Waals surface area contributed by atoms with Crippen molar-refractivity contribution in [2.24, 2.45) is 17.8 Å². The topological polar surface area (TPSA) is 90.2 Å². The Bertz CT molecular complexity index is 624. The Labute approximate surface area is 121 Å². The number of halogens is 1. The fourth-order valence-electron chi connectivity index (χ4n) is 2.82. The minimum Gasteiger partial charge on any atom is -0.481 e. The van der Waals surface area contributed by atoms with Gasteiger partial charge in [0.1, 0.15) is 17.4 Å². The van der Waals surface area contributed by atoms with Crippen molar-refractivity contribution in [1.82, 2.24) is 0 Å². The first-order chi connectivity index (χ1) is 9.93. The highest BCUT2D eigenvalue weighted by atomic mass is 19.1. The average Bonchev–Trinajstić information content (AvgIpc) is 2.81. The lowest BCUT2D eigenvalue weighted by Gasteiger charge is -2.16. The zero-order valence-electron chi connectivity index (χ0n) is 11.5. The molecule has 1 aliphatic carbocycles. The Morgan fingerprint density at radius 3 is 2.67 bits per heavy atom. The van der Waals surface area contributed by atoms with Gasteiger partial charge < -0.3 is 10.4 Å². The summed E-state index contributed by atoms with van der Waals surface area (Å²) in [7, 11) is 0. The first-order valence-corrected chi connectivity index (χ1v) is 6.66. The zero-order valence-corrected chi connectivity index (χ0v) is 11.5. The number of benzene rings is 1. The molecule has 1 amide bonds. The summed E-state index contributed by atoms with van der Waals surface area (Å²) in [5.41, 5.74) is -0.171. The van der Waals surface area contributed by atoms with Crippen LogP contribution in [-0.2, 0) is 9.59 Å². The molecule has 5 nitrogen and oxygen atoms in total. The summed E-state index contributed by atoms with van der Waals surface area (Å²) in [6, 6.07) is 5.64. The van der Waals surface area contributed by atoms with E-state index in [1.54, 1.807) is 6.07 Å². The monoisotopic (exact) mass is 290 g/mol. The lowest BCUT2D eigenvalue weighted by atomic mass is 9.95. The van der Waals surface area contributed by atoms with Crippen LogP contribution in [0.4, 0.5) is 10.1 Å². The minimum atomic E-state index is -1.00. The molecule has 0 radical (unpaired) electrons. The van der Waals surface area contributed by atoms with Crippen LogP contribution in [0.2, 0.25) is 0 Å². The highest BCUT2D eigenvalue weighted by Crippen LogP contribution is 2.37. The van der Waals surface area contributed by atoms with Crippen molar-refractivity contribution in [3.05, 3.63) is 29.6 Å². The van der Waals surface area contributed by atoms with Crippen LogP contribution < -0.4 is 5.32 Å². The zero-order chi connectivity index (χ0) is 15.6. The van der Waals surface area contributed by atoms with Gasteiger partial charge in [0.25, 0.3) is 0 Å². The molecule has 110 valence electrons. The molecular weight excluding hydrogens is 275 g/mol. The van der Waals surface area contributed by atoms with Crippen LogP contribution >= 0.6 is 0 Å². The molecule has 2 N–H and O–H groups in total. The van der Waals surface area contributed by atoms with Crippen molar-refractivity contribution in [2.75, 3.05) is 5.32 Å². The first kappa shape index (κ1) is 15.0. The van der Waals surface area contributed by atoms with Crippen LogP contribution in [-0.4, -0.2) is 17.0 Å². The van der Waals surface area contributed by atoms with Gasteiger partial charge in [-0.3, -0.25) is 9.59 Å². The summed E-state index contributed by atoms with van der Waals surface area (Å²) in [6.07, 6.45) is 0.918. The van der Waals surface area contributed by atoms with Crippen molar-refractivity contribution in [2.45, 2.75) is 19.8 Å². The number of carbonyl (C=O) groups excluding carboxylic acids is 1. The van der Waals surface area contributed by atoms with Gasteiger partial charge in [-0.1, -0.05) is 13.0 Å². The van der Waals surface area contributed by atoms with Crippen LogP contribution in [0.5, 0.6) is 0 Å². The average molecular weight is 290 g/mol. The molecule has 0 aliphatic heterocycles. The van der Waals surface area contributed by atoms with Crippen molar-refractivity contribution in [3.8, 4) is 6.07 Å². The van der Waals surface area contributed by atoms with Crippen molar-refractivity contribution in [1.29, 1.82) is 5.26 Å². The van der Waals surface area contributed by atoms with Gasteiger partial charge in [-0.05, 0) is 30.9 Å². The van der Waals surface area contributed by atoms with Crippen molar-refractivity contribution >= 4 is 17.6 Å². The Balaban J connectivity index is 2.21. The molecular formula is C15H15FN2O3. The Morgan fingerprint density at radius 1 is 1.38 bits per heavy atom. The highest BCUT2D eigenvalue weighted by Gasteiger charge is 2.41. The number of hydrogen-bond acceptors (Lipinski definition) is 3. The number of carboxylic acids is 1. The molecule has 0 saturated heterocycles. The van der Waals surface area contributed by atoms with E-state index >= 15 is 0 Å². The minimum absolute atomic E-state index is 0.0752. The molecule has 0 heterocycles. The third kappa shape index (κ3) is 3.02. The van der Waals surface area contributed by atoms with E-state index in [9.17, 15) is 14.0 Å². The number of carbonyl (C=O) groups is 2. The molecule has 0 bridgehead atoms. The van der Waals surface area contributed by atoms with Gasteiger partial charge in [0, 0.05) is 0 Å². The van der Waals surface area contributed by atoms with Crippen molar-refractivity contribution in [3.63, 3.8) is 0 Å². The maximum absolute atomic E-state index is 13.5. The summed E-state index contributed by atoms with van der Waals surface area (Å²) < 4.78 is 13.5. The number of carboxylic acid groups (broad SMARTS) is 1. The molecule has 1 fully saturated rings. The van der Waals surface area contributed by atoms with E-state index in [0.29, 0.717) is 12.8 Å². The van der Waals surface area contributed by atoms with Gasteiger partial charge in [0.05, 0.1) is 17.5 Å². The van der Waals surface area contributed by atoms with E-state index in [1.165, 1.54) is 12.1 Å². The van der Waals surface area contributed by atoms with Gasteiger partial charge in [-0.15, -0.1) is 0 Å². The van der Waals surface area contributed by atoms with Gasteiger partial charge in [-0.2, -0.15) is 5.26 Å². The normalized spacial score (nSPS) is 24.3. The van der Waals surface area contributed by atoms with Gasteiger partial charge in [-0.25, -0.2) is 4.39 Å². The lowest BCUT2D eigenvalue weighted by molar-refractivity contribution is -0.145. The van der Waals surface area contributed by atoms with Gasteiger partial charge >= 0.3 is 5.97 Å². The van der Waals surface area contributed by atoms with Crippen LogP contribution in [0.25, 0.3) is 0 Å². The molecule has 6 heteroatoms. The molecule has 1 saturated carbocycles. The van der Waals surface area contributed by atoms with Crippen LogP contribution in [0.15, 0.2) is 18.2 Å². The Hall–Kier alpha value is -2.42. The number of nitrogens with zero attached hydrogens (tertiary/aromatic N) is 1. The van der Waals surface area contributed by atoms with Gasteiger partial charge in [0.15, 0.2) is 0 Å². The van der Waals surface area contributed by atoms with Crippen LogP contribution in [0.1, 0.15) is 25.3 Å².